The maximum Gasteiger partial charge on any atom is 0.271 e. The molecule has 0 bridgehead atoms. The molecule has 0 aliphatic carbocycles. The van der Waals surface area contributed by atoms with Gasteiger partial charge in [-0.3, -0.25) is 9.59 Å². The first kappa shape index (κ1) is 16.5. The van der Waals surface area contributed by atoms with Crippen LogP contribution < -0.4 is 20.3 Å². The molecule has 0 spiro atoms. The van der Waals surface area contributed by atoms with Crippen LogP contribution in [0.25, 0.3) is 0 Å². The summed E-state index contributed by atoms with van der Waals surface area (Å²) < 4.78 is 12.0. The lowest BCUT2D eigenvalue weighted by atomic mass is 10.3. The molecule has 0 atom stereocenters. The Kier molecular flexibility index (Phi) is 5.74. The maximum atomic E-state index is 11.9. The van der Waals surface area contributed by atoms with Gasteiger partial charge in [0.15, 0.2) is 0 Å². The predicted octanol–water partition coefficient (Wildman–Crippen LogP) is 0.988. The van der Waals surface area contributed by atoms with Crippen molar-refractivity contribution in [2.75, 3.05) is 19.8 Å². The summed E-state index contributed by atoms with van der Waals surface area (Å²) in [6.45, 7) is 3.19. The molecular weight excluding hydrogens is 298 g/mol. The molecule has 0 saturated carbocycles. The van der Waals surface area contributed by atoms with Gasteiger partial charge in [0.05, 0.1) is 13.2 Å². The Bertz CT molecular complexity index is 710. The smallest absolute Gasteiger partial charge is 0.271 e. The fourth-order valence-electron chi connectivity index (χ4n) is 1.85. The Morgan fingerprint density at radius 1 is 1.13 bits per heavy atom. The molecule has 0 fully saturated rings. The van der Waals surface area contributed by atoms with Gasteiger partial charge in [-0.15, -0.1) is 0 Å². The summed E-state index contributed by atoms with van der Waals surface area (Å²) in [7, 11) is 1.49. The number of aromatic nitrogens is 2. The molecule has 0 aliphatic heterocycles. The van der Waals surface area contributed by atoms with Crippen molar-refractivity contribution in [2.45, 2.75) is 6.92 Å². The van der Waals surface area contributed by atoms with E-state index in [1.165, 1.54) is 19.2 Å². The molecule has 0 unspecified atom stereocenters. The van der Waals surface area contributed by atoms with Crippen molar-refractivity contribution in [1.29, 1.82) is 0 Å². The SMILES string of the molecule is CCOc1ccc(OCCNC(=O)c2ccc(=O)n(C)n2)cc1. The van der Waals surface area contributed by atoms with Crippen LogP contribution in [0, 0.1) is 0 Å². The van der Waals surface area contributed by atoms with E-state index < -0.39 is 0 Å². The normalized spacial score (nSPS) is 10.2. The van der Waals surface area contributed by atoms with Crippen molar-refractivity contribution in [2.24, 2.45) is 7.05 Å². The zero-order valence-electron chi connectivity index (χ0n) is 13.1. The number of carbonyl (C=O) groups excluding carboxylic acids is 1. The maximum absolute atomic E-state index is 11.9. The van der Waals surface area contributed by atoms with Crippen LogP contribution >= 0.6 is 0 Å². The first-order valence-electron chi connectivity index (χ1n) is 7.28. The third-order valence-corrected chi connectivity index (χ3v) is 2.98. The fraction of sp³-hybridized carbons (Fsp3) is 0.312. The van der Waals surface area contributed by atoms with Crippen molar-refractivity contribution >= 4 is 5.91 Å². The molecule has 1 aromatic carbocycles. The highest BCUT2D eigenvalue weighted by Crippen LogP contribution is 2.17. The minimum atomic E-state index is -0.351. The molecule has 0 radical (unpaired) electrons. The highest BCUT2D eigenvalue weighted by molar-refractivity contribution is 5.91. The predicted molar refractivity (Wildman–Crippen MR) is 84.9 cm³/mol. The number of aryl methyl sites for hydroxylation is 1. The van der Waals surface area contributed by atoms with Crippen LogP contribution in [0.3, 0.4) is 0 Å². The lowest BCUT2D eigenvalue weighted by Crippen LogP contribution is -2.31. The summed E-state index contributed by atoms with van der Waals surface area (Å²) in [5, 5.41) is 6.56. The molecule has 122 valence electrons. The highest BCUT2D eigenvalue weighted by Gasteiger charge is 2.07. The monoisotopic (exact) mass is 317 g/mol. The van der Waals surface area contributed by atoms with E-state index in [0.717, 1.165) is 10.4 Å². The van der Waals surface area contributed by atoms with E-state index >= 15 is 0 Å². The van der Waals surface area contributed by atoms with E-state index in [4.69, 9.17) is 9.47 Å². The van der Waals surface area contributed by atoms with Crippen LogP contribution in [-0.4, -0.2) is 35.4 Å². The van der Waals surface area contributed by atoms with Crippen LogP contribution in [0.1, 0.15) is 17.4 Å². The van der Waals surface area contributed by atoms with Crippen molar-refractivity contribution in [3.63, 3.8) is 0 Å². The Balaban J connectivity index is 1.77. The number of hydrogen-bond donors (Lipinski definition) is 1. The number of ether oxygens (including phenoxy) is 2. The molecular formula is C16H19N3O4. The zero-order chi connectivity index (χ0) is 16.7. The standard InChI is InChI=1S/C16H19N3O4/c1-3-22-12-4-6-13(7-5-12)23-11-10-17-16(21)14-8-9-15(20)19(2)18-14/h4-9H,3,10-11H2,1-2H3,(H,17,21). The van der Waals surface area contributed by atoms with Crippen LogP contribution in [0.4, 0.5) is 0 Å². The number of benzene rings is 1. The average Bonchev–Trinajstić information content (AvgIpc) is 2.55. The number of nitrogens with one attached hydrogen (secondary N) is 1. The van der Waals surface area contributed by atoms with Crippen LogP contribution in [-0.2, 0) is 7.05 Å². The van der Waals surface area contributed by atoms with E-state index in [-0.39, 0.29) is 17.2 Å². The lowest BCUT2D eigenvalue weighted by Gasteiger charge is -2.09. The quantitative estimate of drug-likeness (QED) is 0.770. The van der Waals surface area contributed by atoms with Gasteiger partial charge in [0.2, 0.25) is 0 Å². The van der Waals surface area contributed by atoms with E-state index in [2.05, 4.69) is 10.4 Å². The van der Waals surface area contributed by atoms with Gasteiger partial charge in [-0.05, 0) is 37.3 Å². The second-order valence-corrected chi connectivity index (χ2v) is 4.69. The fourth-order valence-corrected chi connectivity index (χ4v) is 1.85. The van der Waals surface area contributed by atoms with Gasteiger partial charge in [0.1, 0.15) is 23.8 Å². The van der Waals surface area contributed by atoms with Crippen molar-refractivity contribution in [3.8, 4) is 11.5 Å². The largest absolute Gasteiger partial charge is 0.494 e. The molecule has 1 aromatic heterocycles. The van der Waals surface area contributed by atoms with E-state index in [1.807, 2.05) is 19.1 Å². The number of rotatable bonds is 7. The van der Waals surface area contributed by atoms with Crippen LogP contribution in [0.15, 0.2) is 41.2 Å². The van der Waals surface area contributed by atoms with Gasteiger partial charge in [-0.1, -0.05) is 0 Å². The van der Waals surface area contributed by atoms with Gasteiger partial charge in [0, 0.05) is 13.1 Å². The van der Waals surface area contributed by atoms with E-state index in [1.54, 1.807) is 12.1 Å². The minimum absolute atomic E-state index is 0.188. The van der Waals surface area contributed by atoms with Crippen LogP contribution in [0.5, 0.6) is 11.5 Å². The molecule has 7 nitrogen and oxygen atoms in total. The number of carbonyl (C=O) groups is 1. The van der Waals surface area contributed by atoms with E-state index in [0.29, 0.717) is 25.5 Å². The second kappa shape index (κ2) is 7.98. The van der Waals surface area contributed by atoms with Crippen molar-refractivity contribution in [1.82, 2.24) is 15.1 Å². The van der Waals surface area contributed by atoms with Crippen molar-refractivity contribution in [3.05, 3.63) is 52.4 Å². The summed E-state index contributed by atoms with van der Waals surface area (Å²) in [5.41, 5.74) is -0.0754. The first-order chi connectivity index (χ1) is 11.1. The molecule has 0 saturated heterocycles. The summed E-state index contributed by atoms with van der Waals surface area (Å²) in [5.74, 6) is 1.13. The van der Waals surface area contributed by atoms with E-state index in [9.17, 15) is 9.59 Å². The Morgan fingerprint density at radius 3 is 2.39 bits per heavy atom. The third-order valence-electron chi connectivity index (χ3n) is 2.98. The summed E-state index contributed by atoms with van der Waals surface area (Å²) in [4.78, 5) is 23.1. The number of nitrogens with zero attached hydrogens (tertiary/aromatic N) is 2. The topological polar surface area (TPSA) is 82.5 Å². The number of hydrogen-bond acceptors (Lipinski definition) is 5. The Labute approximate surface area is 133 Å². The molecule has 0 aliphatic rings. The number of amides is 1. The third kappa shape index (κ3) is 4.84. The van der Waals surface area contributed by atoms with Crippen molar-refractivity contribution < 1.29 is 14.3 Å². The van der Waals surface area contributed by atoms with Crippen LogP contribution in [0.2, 0.25) is 0 Å². The second-order valence-electron chi connectivity index (χ2n) is 4.69. The first-order valence-corrected chi connectivity index (χ1v) is 7.28. The van der Waals surface area contributed by atoms with Gasteiger partial charge in [-0.25, -0.2) is 4.68 Å². The molecule has 23 heavy (non-hydrogen) atoms. The minimum Gasteiger partial charge on any atom is -0.494 e. The molecule has 1 N–H and O–H groups in total. The van der Waals surface area contributed by atoms with Gasteiger partial charge < -0.3 is 14.8 Å². The average molecular weight is 317 g/mol. The molecule has 7 heteroatoms. The zero-order valence-corrected chi connectivity index (χ0v) is 13.1. The van der Waals surface area contributed by atoms with Gasteiger partial charge in [-0.2, -0.15) is 5.10 Å². The summed E-state index contributed by atoms with van der Waals surface area (Å²) in [6, 6.07) is 9.96. The highest BCUT2D eigenvalue weighted by atomic mass is 16.5. The van der Waals surface area contributed by atoms with Gasteiger partial charge in [0.25, 0.3) is 11.5 Å². The Hall–Kier alpha value is -2.83. The molecule has 2 aromatic rings. The summed E-state index contributed by atoms with van der Waals surface area (Å²) in [6.07, 6.45) is 0. The molecule has 2 rings (SSSR count). The van der Waals surface area contributed by atoms with Gasteiger partial charge >= 0.3 is 0 Å². The lowest BCUT2D eigenvalue weighted by molar-refractivity contribution is 0.0939. The Morgan fingerprint density at radius 2 is 1.78 bits per heavy atom. The molecule has 1 amide bonds. The molecule has 1 heterocycles. The summed E-state index contributed by atoms with van der Waals surface area (Å²) >= 11 is 0.